The lowest BCUT2D eigenvalue weighted by molar-refractivity contribution is -0.128. The molecule has 2 aromatic heterocycles. The third-order valence-corrected chi connectivity index (χ3v) is 7.79. The number of likely N-dealkylation sites (N-methyl/N-ethyl adjacent to an activating group) is 1. The molecule has 3 aromatic rings. The zero-order chi connectivity index (χ0) is 26.5. The van der Waals surface area contributed by atoms with Gasteiger partial charge in [0.2, 0.25) is 11.8 Å². The van der Waals surface area contributed by atoms with Crippen LogP contribution in [-0.4, -0.2) is 66.7 Å². The van der Waals surface area contributed by atoms with Gasteiger partial charge in [-0.1, -0.05) is 18.2 Å². The van der Waals surface area contributed by atoms with Gasteiger partial charge >= 0.3 is 0 Å². The SMILES string of the molecule is CCOc1ncccc1-c1ccc(C2(C(=O)NC3CCN(C)C3)CCN(c3ccccc3C#N)CC2)cn1. The van der Waals surface area contributed by atoms with E-state index in [0.29, 0.717) is 44.0 Å². The van der Waals surface area contributed by atoms with Gasteiger partial charge in [-0.15, -0.1) is 0 Å². The van der Waals surface area contributed by atoms with Gasteiger partial charge in [-0.05, 0) is 75.7 Å². The molecule has 196 valence electrons. The highest BCUT2D eigenvalue weighted by Gasteiger charge is 2.44. The Morgan fingerprint density at radius 3 is 2.63 bits per heavy atom. The van der Waals surface area contributed by atoms with Crippen molar-refractivity contribution in [2.45, 2.75) is 37.6 Å². The molecule has 2 aliphatic heterocycles. The second-order valence-corrected chi connectivity index (χ2v) is 10.1. The quantitative estimate of drug-likeness (QED) is 0.517. The monoisotopic (exact) mass is 510 g/mol. The number of hydrogen-bond acceptors (Lipinski definition) is 7. The van der Waals surface area contributed by atoms with Gasteiger partial charge in [0.05, 0.1) is 34.5 Å². The maximum atomic E-state index is 14.0. The second kappa shape index (κ2) is 11.2. The summed E-state index contributed by atoms with van der Waals surface area (Å²) in [5.41, 5.74) is 3.40. The molecule has 0 bridgehead atoms. The van der Waals surface area contributed by atoms with Gasteiger partial charge in [0.25, 0.3) is 0 Å². The fourth-order valence-electron chi connectivity index (χ4n) is 5.67. The van der Waals surface area contributed by atoms with Crippen molar-refractivity contribution in [2.75, 3.05) is 44.7 Å². The zero-order valence-corrected chi connectivity index (χ0v) is 22.1. The Labute approximate surface area is 224 Å². The van der Waals surface area contributed by atoms with Crippen molar-refractivity contribution >= 4 is 11.6 Å². The average molecular weight is 511 g/mol. The summed E-state index contributed by atoms with van der Waals surface area (Å²) >= 11 is 0. The Kier molecular flexibility index (Phi) is 7.57. The van der Waals surface area contributed by atoms with Gasteiger partial charge in [-0.2, -0.15) is 5.26 Å². The van der Waals surface area contributed by atoms with Crippen molar-refractivity contribution in [1.29, 1.82) is 5.26 Å². The van der Waals surface area contributed by atoms with Crippen molar-refractivity contribution in [1.82, 2.24) is 20.2 Å². The number of carbonyl (C=O) groups is 1. The lowest BCUT2D eigenvalue weighted by Gasteiger charge is -2.42. The van der Waals surface area contributed by atoms with E-state index in [1.807, 2.05) is 61.7 Å². The number of piperidine rings is 1. The normalized spacial score (nSPS) is 19.1. The molecule has 5 rings (SSSR count). The Hall–Kier alpha value is -3.96. The van der Waals surface area contributed by atoms with Crippen molar-refractivity contribution in [3.63, 3.8) is 0 Å². The standard InChI is InChI=1S/C30H34N6O2/c1-3-38-28-25(8-6-15-32-28)26-11-10-23(20-33-26)30(29(37)34-24-12-16-35(2)21-24)13-17-36(18-14-30)27-9-5-4-7-22(27)19-31/h4-11,15,20,24H,3,12-14,16-18,21H2,1-2H3,(H,34,37). The predicted octanol–water partition coefficient (Wildman–Crippen LogP) is 3.77. The van der Waals surface area contributed by atoms with E-state index in [0.717, 1.165) is 42.0 Å². The van der Waals surface area contributed by atoms with E-state index in [9.17, 15) is 10.1 Å². The molecule has 1 amide bonds. The molecule has 1 N–H and O–H groups in total. The predicted molar refractivity (Wildman–Crippen MR) is 147 cm³/mol. The van der Waals surface area contributed by atoms with E-state index in [1.54, 1.807) is 6.20 Å². The van der Waals surface area contributed by atoms with Crippen LogP contribution in [0.15, 0.2) is 60.9 Å². The molecule has 1 aromatic carbocycles. The summed E-state index contributed by atoms with van der Waals surface area (Å²) in [6.45, 7) is 5.65. The number of carbonyl (C=O) groups excluding carboxylic acids is 1. The van der Waals surface area contributed by atoms with Crippen LogP contribution in [0.3, 0.4) is 0 Å². The topological polar surface area (TPSA) is 94.4 Å². The summed E-state index contributed by atoms with van der Waals surface area (Å²) in [7, 11) is 2.09. The van der Waals surface area contributed by atoms with Crippen LogP contribution in [0.1, 0.15) is 37.3 Å². The van der Waals surface area contributed by atoms with Crippen molar-refractivity contribution < 1.29 is 9.53 Å². The highest BCUT2D eigenvalue weighted by atomic mass is 16.5. The van der Waals surface area contributed by atoms with E-state index in [1.165, 1.54) is 0 Å². The lowest BCUT2D eigenvalue weighted by atomic mass is 9.72. The molecule has 0 radical (unpaired) electrons. The summed E-state index contributed by atoms with van der Waals surface area (Å²) in [5, 5.41) is 13.0. The lowest BCUT2D eigenvalue weighted by Crippen LogP contribution is -2.54. The Bertz CT molecular complexity index is 1310. The van der Waals surface area contributed by atoms with Crippen LogP contribution < -0.4 is 15.0 Å². The fourth-order valence-corrected chi connectivity index (χ4v) is 5.67. The Morgan fingerprint density at radius 1 is 1.13 bits per heavy atom. The molecule has 4 heterocycles. The van der Waals surface area contributed by atoms with Gasteiger partial charge in [0.1, 0.15) is 6.07 Å². The number of para-hydroxylation sites is 1. The second-order valence-electron chi connectivity index (χ2n) is 10.1. The number of likely N-dealkylation sites (tertiary alicyclic amines) is 1. The van der Waals surface area contributed by atoms with Crippen LogP contribution in [-0.2, 0) is 10.2 Å². The third-order valence-electron chi connectivity index (χ3n) is 7.79. The summed E-state index contributed by atoms with van der Waals surface area (Å²) in [6, 6.07) is 17.9. The first-order valence-electron chi connectivity index (χ1n) is 13.3. The maximum Gasteiger partial charge on any atom is 0.231 e. The van der Waals surface area contributed by atoms with Gasteiger partial charge in [0, 0.05) is 38.1 Å². The van der Waals surface area contributed by atoms with Crippen LogP contribution in [0.25, 0.3) is 11.3 Å². The van der Waals surface area contributed by atoms with Crippen LogP contribution in [0.2, 0.25) is 0 Å². The maximum absolute atomic E-state index is 14.0. The van der Waals surface area contributed by atoms with E-state index < -0.39 is 5.41 Å². The first kappa shape index (κ1) is 25.7. The van der Waals surface area contributed by atoms with E-state index >= 15 is 0 Å². The van der Waals surface area contributed by atoms with Crippen LogP contribution in [0.4, 0.5) is 5.69 Å². The van der Waals surface area contributed by atoms with Crippen LogP contribution in [0, 0.1) is 11.3 Å². The number of anilines is 1. The zero-order valence-electron chi connectivity index (χ0n) is 22.1. The number of ether oxygens (including phenoxy) is 1. The average Bonchev–Trinajstić information content (AvgIpc) is 3.38. The van der Waals surface area contributed by atoms with Crippen LogP contribution in [0.5, 0.6) is 5.88 Å². The molecule has 0 aliphatic carbocycles. The summed E-state index contributed by atoms with van der Waals surface area (Å²) in [6.07, 6.45) is 5.79. The van der Waals surface area contributed by atoms with Gasteiger partial charge in [-0.3, -0.25) is 9.78 Å². The summed E-state index contributed by atoms with van der Waals surface area (Å²) in [4.78, 5) is 27.6. The van der Waals surface area contributed by atoms with E-state index in [4.69, 9.17) is 9.72 Å². The first-order valence-corrected chi connectivity index (χ1v) is 13.3. The summed E-state index contributed by atoms with van der Waals surface area (Å²) < 4.78 is 5.70. The summed E-state index contributed by atoms with van der Waals surface area (Å²) in [5.74, 6) is 0.620. The van der Waals surface area contributed by atoms with Crippen molar-refractivity contribution in [2.24, 2.45) is 0 Å². The molecule has 0 saturated carbocycles. The van der Waals surface area contributed by atoms with Gasteiger partial charge < -0.3 is 19.9 Å². The highest BCUT2D eigenvalue weighted by molar-refractivity contribution is 5.89. The van der Waals surface area contributed by atoms with Crippen molar-refractivity contribution in [3.8, 4) is 23.2 Å². The number of aromatic nitrogens is 2. The largest absolute Gasteiger partial charge is 0.477 e. The molecular formula is C30H34N6O2. The molecule has 0 spiro atoms. The molecule has 38 heavy (non-hydrogen) atoms. The number of pyridine rings is 2. The smallest absolute Gasteiger partial charge is 0.231 e. The Morgan fingerprint density at radius 2 is 1.95 bits per heavy atom. The molecule has 2 fully saturated rings. The molecule has 1 atom stereocenters. The first-order chi connectivity index (χ1) is 18.5. The number of hydrogen-bond donors (Lipinski definition) is 1. The van der Waals surface area contributed by atoms with Crippen molar-refractivity contribution in [3.05, 3.63) is 72.1 Å². The van der Waals surface area contributed by atoms with E-state index in [-0.39, 0.29) is 11.9 Å². The molecule has 1 unspecified atom stereocenters. The minimum atomic E-state index is -0.692. The fraction of sp³-hybridized carbons (Fsp3) is 0.400. The Balaban J connectivity index is 1.44. The molecule has 8 nitrogen and oxygen atoms in total. The number of rotatable bonds is 7. The molecule has 2 aliphatic rings. The van der Waals surface area contributed by atoms with Gasteiger partial charge in [0.15, 0.2) is 0 Å². The molecule has 8 heteroatoms. The number of amides is 1. The van der Waals surface area contributed by atoms with E-state index in [2.05, 4.69) is 33.2 Å². The molecule has 2 saturated heterocycles. The number of nitrogens with one attached hydrogen (secondary N) is 1. The van der Waals surface area contributed by atoms with Gasteiger partial charge in [-0.25, -0.2) is 4.98 Å². The molecular weight excluding hydrogens is 476 g/mol. The number of nitrogens with zero attached hydrogens (tertiary/aromatic N) is 5. The van der Waals surface area contributed by atoms with Crippen LogP contribution >= 0.6 is 0 Å². The minimum absolute atomic E-state index is 0.0666. The number of benzene rings is 1. The number of nitriles is 1. The third kappa shape index (κ3) is 5.07. The minimum Gasteiger partial charge on any atom is -0.477 e. The highest BCUT2D eigenvalue weighted by Crippen LogP contribution is 2.39.